The molecule has 5 N–H and O–H groups in total. The number of aromatic carboxylic acids is 1. The van der Waals surface area contributed by atoms with Crippen LogP contribution in [0.25, 0.3) is 11.1 Å². The van der Waals surface area contributed by atoms with Gasteiger partial charge < -0.3 is 35.8 Å². The fourth-order valence-electron chi connectivity index (χ4n) is 8.50. The molecule has 2 aliphatic rings. The topological polar surface area (TPSA) is 153 Å². The molecule has 2 fully saturated rings. The summed E-state index contributed by atoms with van der Waals surface area (Å²) in [4.78, 5) is 47.4. The number of ether oxygens (including phenoxy) is 1. The second kappa shape index (κ2) is 17.8. The maximum atomic E-state index is 14.7. The van der Waals surface area contributed by atoms with Gasteiger partial charge in [0.05, 0.1) is 31.4 Å². The van der Waals surface area contributed by atoms with Crippen molar-refractivity contribution in [2.75, 3.05) is 39.7 Å². The highest BCUT2D eigenvalue weighted by Gasteiger charge is 2.51. The van der Waals surface area contributed by atoms with Crippen molar-refractivity contribution in [3.05, 3.63) is 82.9 Å². The van der Waals surface area contributed by atoms with E-state index in [4.69, 9.17) is 9.57 Å². The van der Waals surface area contributed by atoms with Crippen LogP contribution >= 0.6 is 0 Å². The highest BCUT2D eigenvalue weighted by molar-refractivity contribution is 5.97. The Kier molecular flexibility index (Phi) is 13.5. The molecule has 0 unspecified atom stereocenters. The number of carboxylic acid groups (broad SMARTS) is 1. The largest absolute Gasteiger partial charge is 0.496 e. The van der Waals surface area contributed by atoms with Gasteiger partial charge in [-0.05, 0) is 78.0 Å². The lowest BCUT2D eigenvalue weighted by atomic mass is 9.58. The van der Waals surface area contributed by atoms with Gasteiger partial charge in [0.1, 0.15) is 11.8 Å². The number of aliphatic hydroxyl groups is 1. The number of para-hydroxylation sites is 1. The second-order valence-corrected chi connectivity index (χ2v) is 16.6. The number of aliphatic hydroxyl groups excluding tert-OH is 1. The van der Waals surface area contributed by atoms with Crippen molar-refractivity contribution in [1.82, 2.24) is 21.0 Å². The van der Waals surface area contributed by atoms with Crippen LogP contribution in [0.4, 0.5) is 5.69 Å². The highest BCUT2D eigenvalue weighted by atomic mass is 16.7. The number of amides is 2. The molecule has 5 rings (SSSR count). The molecule has 0 radical (unpaired) electrons. The zero-order valence-corrected chi connectivity index (χ0v) is 34.6. The van der Waals surface area contributed by atoms with E-state index in [1.165, 1.54) is 0 Å². The van der Waals surface area contributed by atoms with E-state index in [1.807, 2.05) is 55.4 Å². The zero-order valence-electron chi connectivity index (χ0n) is 34.6. The monoisotopic (exact) mass is 771 g/mol. The molecule has 12 nitrogen and oxygen atoms in total. The SMILES string of the molecule is CNC(=O)c1cc(-c2cccc(CN3O[C@@H](CNCc4ccc(C(=O)O)cc4)[C@@H]([C@H](C)O)[C@H]3C(=O)N[C@H]3C[C@@H](C)C(C)(C)[C@@H](C)[C@@H]3C)c2OC)cc(N(C)C)c1. The van der Waals surface area contributed by atoms with Gasteiger partial charge in [0.25, 0.3) is 5.91 Å². The van der Waals surface area contributed by atoms with E-state index >= 15 is 0 Å². The third kappa shape index (κ3) is 9.04. The van der Waals surface area contributed by atoms with Gasteiger partial charge >= 0.3 is 5.97 Å². The van der Waals surface area contributed by atoms with Gasteiger partial charge in [0.15, 0.2) is 0 Å². The third-order valence-electron chi connectivity index (χ3n) is 12.7. The van der Waals surface area contributed by atoms with E-state index in [9.17, 15) is 24.6 Å². The first kappa shape index (κ1) is 42.6. The Morgan fingerprint density at radius 3 is 2.34 bits per heavy atom. The fraction of sp³-hybridized carbons (Fsp3) is 0.523. The summed E-state index contributed by atoms with van der Waals surface area (Å²) in [5, 5.41) is 31.9. The number of rotatable bonds is 14. The van der Waals surface area contributed by atoms with Crippen molar-refractivity contribution in [3.8, 4) is 16.9 Å². The van der Waals surface area contributed by atoms with Crippen molar-refractivity contribution in [2.45, 2.75) is 85.3 Å². The Morgan fingerprint density at radius 1 is 1.04 bits per heavy atom. The van der Waals surface area contributed by atoms with Gasteiger partial charge in [0.2, 0.25) is 5.91 Å². The molecule has 304 valence electrons. The van der Waals surface area contributed by atoms with E-state index in [1.54, 1.807) is 50.4 Å². The molecule has 1 saturated carbocycles. The molecular weight excluding hydrogens is 711 g/mol. The molecule has 8 atom stereocenters. The number of anilines is 1. The first-order valence-electron chi connectivity index (χ1n) is 19.6. The predicted octanol–water partition coefficient (Wildman–Crippen LogP) is 5.58. The van der Waals surface area contributed by atoms with Crippen LogP contribution in [-0.4, -0.2) is 92.1 Å². The van der Waals surface area contributed by atoms with Crippen LogP contribution in [0.2, 0.25) is 0 Å². The molecule has 1 aliphatic carbocycles. The third-order valence-corrected chi connectivity index (χ3v) is 12.7. The van der Waals surface area contributed by atoms with Crippen molar-refractivity contribution in [2.24, 2.45) is 29.1 Å². The van der Waals surface area contributed by atoms with E-state index in [-0.39, 0.29) is 41.3 Å². The van der Waals surface area contributed by atoms with E-state index in [2.05, 4.69) is 50.6 Å². The smallest absolute Gasteiger partial charge is 0.335 e. The molecular formula is C44H61N5O7. The van der Waals surface area contributed by atoms with Gasteiger partial charge in [-0.1, -0.05) is 65.0 Å². The number of nitrogens with one attached hydrogen (secondary N) is 3. The first-order chi connectivity index (χ1) is 26.5. The number of methoxy groups -OCH3 is 1. The van der Waals surface area contributed by atoms with Crippen LogP contribution in [-0.2, 0) is 22.7 Å². The van der Waals surface area contributed by atoms with Crippen molar-refractivity contribution < 1.29 is 34.2 Å². The molecule has 1 aliphatic heterocycles. The second-order valence-electron chi connectivity index (χ2n) is 16.6. The lowest BCUT2D eigenvalue weighted by molar-refractivity contribution is -0.175. The Bertz CT molecular complexity index is 1860. The van der Waals surface area contributed by atoms with E-state index in [0.717, 1.165) is 34.4 Å². The summed E-state index contributed by atoms with van der Waals surface area (Å²) < 4.78 is 6.09. The molecule has 3 aromatic rings. The van der Waals surface area contributed by atoms with Crippen molar-refractivity contribution in [3.63, 3.8) is 0 Å². The van der Waals surface area contributed by atoms with Gasteiger partial charge in [0, 0.05) is 68.6 Å². The molecule has 2 amide bonds. The predicted molar refractivity (Wildman–Crippen MR) is 218 cm³/mol. The van der Waals surface area contributed by atoms with Crippen molar-refractivity contribution >= 4 is 23.5 Å². The maximum Gasteiger partial charge on any atom is 0.335 e. The first-order valence-corrected chi connectivity index (χ1v) is 19.6. The summed E-state index contributed by atoms with van der Waals surface area (Å²) in [7, 11) is 7.05. The normalized spacial score (nSPS) is 25.3. The maximum absolute atomic E-state index is 14.7. The Morgan fingerprint density at radius 2 is 1.73 bits per heavy atom. The number of carboxylic acids is 1. The zero-order chi connectivity index (χ0) is 41.1. The van der Waals surface area contributed by atoms with Crippen LogP contribution < -0.4 is 25.6 Å². The average molecular weight is 772 g/mol. The minimum absolute atomic E-state index is 0.0423. The van der Waals surface area contributed by atoms with Crippen LogP contribution in [0.5, 0.6) is 5.75 Å². The Labute approximate surface area is 331 Å². The molecule has 1 saturated heterocycles. The Hall–Kier alpha value is -4.49. The lowest BCUT2D eigenvalue weighted by Crippen LogP contribution is -2.57. The summed E-state index contributed by atoms with van der Waals surface area (Å²) in [6.07, 6.45) is -0.600. The number of hydroxylamine groups is 2. The molecule has 0 spiro atoms. The average Bonchev–Trinajstić information content (AvgIpc) is 3.53. The molecule has 12 heteroatoms. The number of hydrogen-bond acceptors (Lipinski definition) is 9. The van der Waals surface area contributed by atoms with Gasteiger partial charge in [-0.25, -0.2) is 4.79 Å². The molecule has 0 bridgehead atoms. The molecule has 1 heterocycles. The fourth-order valence-corrected chi connectivity index (χ4v) is 8.50. The number of carbonyl (C=O) groups is 3. The number of nitrogens with zero attached hydrogens (tertiary/aromatic N) is 2. The minimum atomic E-state index is -0.985. The molecule has 0 aromatic heterocycles. The quantitative estimate of drug-likeness (QED) is 0.141. The van der Waals surface area contributed by atoms with Gasteiger partial charge in [-0.2, -0.15) is 5.06 Å². The number of benzene rings is 3. The Balaban J connectivity index is 1.48. The number of carbonyl (C=O) groups excluding carboxylic acids is 2. The summed E-state index contributed by atoms with van der Waals surface area (Å²) in [6.45, 7) is 14.0. The summed E-state index contributed by atoms with van der Waals surface area (Å²) in [5.41, 5.74) is 4.94. The van der Waals surface area contributed by atoms with Gasteiger partial charge in [-0.15, -0.1) is 0 Å². The van der Waals surface area contributed by atoms with E-state index < -0.39 is 30.1 Å². The lowest BCUT2D eigenvalue weighted by Gasteiger charge is -2.50. The summed E-state index contributed by atoms with van der Waals surface area (Å²) >= 11 is 0. The van der Waals surface area contributed by atoms with Crippen LogP contribution in [0.3, 0.4) is 0 Å². The van der Waals surface area contributed by atoms with E-state index in [0.29, 0.717) is 36.2 Å². The number of hydrogen-bond donors (Lipinski definition) is 5. The van der Waals surface area contributed by atoms with Crippen molar-refractivity contribution in [1.29, 1.82) is 0 Å². The van der Waals surface area contributed by atoms with Crippen LogP contribution in [0.1, 0.15) is 79.8 Å². The minimum Gasteiger partial charge on any atom is -0.496 e. The standard InChI is InChI=1S/C44H61N5O7/c1-25-18-36(26(2)27(3)44(25,5)6)47-42(52)39-38(28(4)50)37(23-46-22-29-14-16-30(17-15-29)43(53)54)56-49(39)24-31-12-11-13-35(40(31)55-10)32-19-33(41(51)45-7)21-34(20-32)48(8)9/h11-17,19-21,25-28,36-39,46,50H,18,22-24H2,1-10H3,(H,45,51)(H,47,52)(H,53,54)/t25-,26+,27+,28+,36+,37+,38-,39+/m1/s1. The van der Waals surface area contributed by atoms with Crippen LogP contribution in [0, 0.1) is 29.1 Å². The summed E-state index contributed by atoms with van der Waals surface area (Å²) in [5.74, 6) is -0.364. The summed E-state index contributed by atoms with van der Waals surface area (Å²) in [6, 6.07) is 17.3. The van der Waals surface area contributed by atoms with Gasteiger partial charge in [-0.3, -0.25) is 14.4 Å². The molecule has 56 heavy (non-hydrogen) atoms. The van der Waals surface area contributed by atoms with Crippen LogP contribution in [0.15, 0.2) is 60.7 Å². The highest BCUT2D eigenvalue weighted by Crippen LogP contribution is 2.47. The molecule has 3 aromatic carbocycles.